The van der Waals surface area contributed by atoms with E-state index < -0.39 is 0 Å². The molecular formula is C21H34N6O. The first-order valence-corrected chi connectivity index (χ1v) is 10.4. The van der Waals surface area contributed by atoms with E-state index in [1.165, 1.54) is 19.3 Å². The first-order chi connectivity index (χ1) is 13.6. The Kier molecular flexibility index (Phi) is 7.12. The minimum atomic E-state index is 0.252. The molecule has 1 saturated heterocycles. The van der Waals surface area contributed by atoms with E-state index in [0.717, 1.165) is 49.7 Å². The van der Waals surface area contributed by atoms with E-state index >= 15 is 0 Å². The standard InChI is InChI=1S/C21H34N6O/c1-22-21(24-14-16-9-11-23-19(13-16)26(2)3)25-18-10-12-27(15-18)20(28)17-7-5-4-6-8-17/h9,11,13,17-18H,4-8,10,12,14-15H2,1-3H3,(H2,22,24,25). The van der Waals surface area contributed by atoms with Crippen LogP contribution in [-0.4, -0.2) is 62.0 Å². The summed E-state index contributed by atoms with van der Waals surface area (Å²) in [4.78, 5) is 25.5. The molecule has 0 aromatic carbocycles. The number of hydrogen-bond acceptors (Lipinski definition) is 4. The van der Waals surface area contributed by atoms with E-state index in [0.29, 0.717) is 12.5 Å². The lowest BCUT2D eigenvalue weighted by atomic mass is 9.88. The van der Waals surface area contributed by atoms with Crippen molar-refractivity contribution < 1.29 is 4.79 Å². The fourth-order valence-electron chi connectivity index (χ4n) is 4.07. The molecular weight excluding hydrogens is 352 g/mol. The third-order valence-electron chi connectivity index (χ3n) is 5.75. The molecule has 0 spiro atoms. The van der Waals surface area contributed by atoms with Crippen molar-refractivity contribution in [3.8, 4) is 0 Å². The van der Waals surface area contributed by atoms with E-state index in [2.05, 4.69) is 26.7 Å². The van der Waals surface area contributed by atoms with Gasteiger partial charge >= 0.3 is 0 Å². The summed E-state index contributed by atoms with van der Waals surface area (Å²) in [5, 5.41) is 6.86. The molecule has 1 amide bonds. The molecule has 154 valence electrons. The van der Waals surface area contributed by atoms with Gasteiger partial charge in [0.2, 0.25) is 5.91 Å². The zero-order valence-corrected chi connectivity index (χ0v) is 17.4. The van der Waals surface area contributed by atoms with Crippen molar-refractivity contribution in [1.82, 2.24) is 20.5 Å². The summed E-state index contributed by atoms with van der Waals surface area (Å²) in [7, 11) is 5.76. The Bertz CT molecular complexity index is 683. The van der Waals surface area contributed by atoms with Crippen LogP contribution in [0.25, 0.3) is 0 Å². The molecule has 1 aliphatic carbocycles. The van der Waals surface area contributed by atoms with Crippen molar-refractivity contribution in [2.24, 2.45) is 10.9 Å². The summed E-state index contributed by atoms with van der Waals surface area (Å²) >= 11 is 0. The highest BCUT2D eigenvalue weighted by Gasteiger charge is 2.31. The molecule has 2 N–H and O–H groups in total. The number of carbonyl (C=O) groups is 1. The summed E-state index contributed by atoms with van der Waals surface area (Å²) in [5.41, 5.74) is 1.15. The lowest BCUT2D eigenvalue weighted by Crippen LogP contribution is -2.45. The van der Waals surface area contributed by atoms with Crippen molar-refractivity contribution in [3.05, 3.63) is 23.9 Å². The second-order valence-electron chi connectivity index (χ2n) is 8.09. The number of aromatic nitrogens is 1. The highest BCUT2D eigenvalue weighted by atomic mass is 16.2. The molecule has 3 rings (SSSR count). The second kappa shape index (κ2) is 9.75. The monoisotopic (exact) mass is 386 g/mol. The molecule has 2 heterocycles. The fourth-order valence-corrected chi connectivity index (χ4v) is 4.07. The predicted molar refractivity (Wildman–Crippen MR) is 113 cm³/mol. The smallest absolute Gasteiger partial charge is 0.225 e. The number of nitrogens with one attached hydrogen (secondary N) is 2. The quantitative estimate of drug-likeness (QED) is 0.598. The van der Waals surface area contributed by atoms with Gasteiger partial charge in [-0.3, -0.25) is 9.79 Å². The zero-order chi connectivity index (χ0) is 19.9. The molecule has 7 heteroatoms. The summed E-state index contributed by atoms with van der Waals surface area (Å²) in [6.45, 7) is 2.30. The van der Waals surface area contributed by atoms with Crippen LogP contribution >= 0.6 is 0 Å². The summed E-state index contributed by atoms with van der Waals surface area (Å²) in [5.74, 6) is 2.33. The average Bonchev–Trinajstić information content (AvgIpc) is 3.20. The van der Waals surface area contributed by atoms with Gasteiger partial charge in [0, 0.05) is 58.9 Å². The normalized spacial score (nSPS) is 20.9. The minimum absolute atomic E-state index is 0.252. The Morgan fingerprint density at radius 2 is 2.07 bits per heavy atom. The Balaban J connectivity index is 1.47. The van der Waals surface area contributed by atoms with Crippen LogP contribution in [0.15, 0.2) is 23.3 Å². The van der Waals surface area contributed by atoms with Gasteiger partial charge in [0.1, 0.15) is 5.82 Å². The molecule has 1 unspecified atom stereocenters. The van der Waals surface area contributed by atoms with Gasteiger partial charge in [0.25, 0.3) is 0 Å². The van der Waals surface area contributed by atoms with Crippen LogP contribution in [0.4, 0.5) is 5.82 Å². The molecule has 1 aromatic heterocycles. The van der Waals surface area contributed by atoms with Crippen LogP contribution in [0.2, 0.25) is 0 Å². The van der Waals surface area contributed by atoms with Gasteiger partial charge in [0.05, 0.1) is 0 Å². The number of hydrogen-bond donors (Lipinski definition) is 2. The molecule has 0 radical (unpaired) electrons. The maximum atomic E-state index is 12.7. The Hall–Kier alpha value is -2.31. The molecule has 1 aliphatic heterocycles. The fraction of sp³-hybridized carbons (Fsp3) is 0.667. The van der Waals surface area contributed by atoms with Gasteiger partial charge in [0.15, 0.2) is 5.96 Å². The lowest BCUT2D eigenvalue weighted by Gasteiger charge is -2.26. The lowest BCUT2D eigenvalue weighted by molar-refractivity contribution is -0.135. The molecule has 1 saturated carbocycles. The predicted octanol–water partition coefficient (Wildman–Crippen LogP) is 1.99. The third-order valence-corrected chi connectivity index (χ3v) is 5.75. The highest BCUT2D eigenvalue weighted by Crippen LogP contribution is 2.26. The Morgan fingerprint density at radius 1 is 1.29 bits per heavy atom. The van der Waals surface area contributed by atoms with Gasteiger partial charge < -0.3 is 20.4 Å². The maximum Gasteiger partial charge on any atom is 0.225 e. The van der Waals surface area contributed by atoms with E-state index in [1.54, 1.807) is 7.05 Å². The number of pyridine rings is 1. The van der Waals surface area contributed by atoms with E-state index in [-0.39, 0.29) is 12.0 Å². The number of carbonyl (C=O) groups excluding carboxylic acids is 1. The number of guanidine groups is 1. The minimum Gasteiger partial charge on any atom is -0.363 e. The number of amides is 1. The highest BCUT2D eigenvalue weighted by molar-refractivity contribution is 5.81. The van der Waals surface area contributed by atoms with E-state index in [1.807, 2.05) is 36.2 Å². The van der Waals surface area contributed by atoms with Crippen LogP contribution in [0.1, 0.15) is 44.1 Å². The van der Waals surface area contributed by atoms with Crippen molar-refractivity contribution in [3.63, 3.8) is 0 Å². The topological polar surface area (TPSA) is 72.9 Å². The van der Waals surface area contributed by atoms with Gasteiger partial charge in [-0.1, -0.05) is 19.3 Å². The summed E-state index contributed by atoms with van der Waals surface area (Å²) in [6, 6.07) is 4.34. The van der Waals surface area contributed by atoms with Crippen molar-refractivity contribution in [2.75, 3.05) is 39.1 Å². The van der Waals surface area contributed by atoms with Gasteiger partial charge in [-0.05, 0) is 37.0 Å². The van der Waals surface area contributed by atoms with Crippen LogP contribution in [-0.2, 0) is 11.3 Å². The number of anilines is 1. The number of likely N-dealkylation sites (tertiary alicyclic amines) is 1. The first-order valence-electron chi connectivity index (χ1n) is 10.4. The molecule has 28 heavy (non-hydrogen) atoms. The van der Waals surface area contributed by atoms with Crippen LogP contribution < -0.4 is 15.5 Å². The second-order valence-corrected chi connectivity index (χ2v) is 8.09. The third kappa shape index (κ3) is 5.36. The van der Waals surface area contributed by atoms with Crippen LogP contribution in [0.5, 0.6) is 0 Å². The number of nitrogens with zero attached hydrogens (tertiary/aromatic N) is 4. The molecule has 7 nitrogen and oxygen atoms in total. The molecule has 2 fully saturated rings. The van der Waals surface area contributed by atoms with Crippen molar-refractivity contribution >= 4 is 17.7 Å². The maximum absolute atomic E-state index is 12.7. The average molecular weight is 387 g/mol. The first kappa shape index (κ1) is 20.4. The number of aliphatic imine (C=N–C) groups is 1. The summed E-state index contributed by atoms with van der Waals surface area (Å²) in [6.07, 6.45) is 8.62. The molecule has 1 aromatic rings. The zero-order valence-electron chi connectivity index (χ0n) is 17.4. The van der Waals surface area contributed by atoms with Gasteiger partial charge in [-0.2, -0.15) is 0 Å². The van der Waals surface area contributed by atoms with Gasteiger partial charge in [-0.25, -0.2) is 4.98 Å². The summed E-state index contributed by atoms with van der Waals surface area (Å²) < 4.78 is 0. The molecule has 1 atom stereocenters. The van der Waals surface area contributed by atoms with Crippen molar-refractivity contribution in [2.45, 2.75) is 51.1 Å². The number of rotatable bonds is 5. The Labute approximate surface area is 168 Å². The van der Waals surface area contributed by atoms with Crippen molar-refractivity contribution in [1.29, 1.82) is 0 Å². The molecule has 0 bridgehead atoms. The molecule has 2 aliphatic rings. The Morgan fingerprint density at radius 3 is 2.79 bits per heavy atom. The van der Waals surface area contributed by atoms with Gasteiger partial charge in [-0.15, -0.1) is 0 Å². The van der Waals surface area contributed by atoms with E-state index in [9.17, 15) is 4.79 Å². The van der Waals surface area contributed by atoms with Crippen LogP contribution in [0.3, 0.4) is 0 Å². The van der Waals surface area contributed by atoms with E-state index in [4.69, 9.17) is 0 Å². The SMILES string of the molecule is CN=C(NCc1ccnc(N(C)C)c1)NC1CCN(C(=O)C2CCCCC2)C1. The van der Waals surface area contributed by atoms with Crippen LogP contribution in [0, 0.1) is 5.92 Å². The largest absolute Gasteiger partial charge is 0.363 e.